The molecule has 0 saturated carbocycles. The normalized spacial score (nSPS) is 26.3. The number of quaternary nitrogens is 1. The number of phenols is 1. The Labute approximate surface area is 156 Å². The van der Waals surface area contributed by atoms with E-state index in [0.717, 1.165) is 0 Å². The summed E-state index contributed by atoms with van der Waals surface area (Å²) in [4.78, 5) is 25.4. The number of nitrogens with zero attached hydrogens (tertiary/aromatic N) is 1. The number of nitrogens with one attached hydrogen (secondary N) is 2. The van der Waals surface area contributed by atoms with E-state index in [9.17, 15) is 28.4 Å². The van der Waals surface area contributed by atoms with Gasteiger partial charge in [0.2, 0.25) is 0 Å². The van der Waals surface area contributed by atoms with Crippen LogP contribution in [0, 0.1) is 11.3 Å². The highest BCUT2D eigenvalue weighted by molar-refractivity contribution is 7.91. The molecule has 0 spiro atoms. The maximum absolute atomic E-state index is 12.9. The first-order valence-corrected chi connectivity index (χ1v) is 10.1. The van der Waals surface area contributed by atoms with Gasteiger partial charge in [-0.3, -0.25) is 0 Å². The van der Waals surface area contributed by atoms with Crippen LogP contribution >= 0.6 is 0 Å². The van der Waals surface area contributed by atoms with E-state index in [1.54, 1.807) is 12.1 Å². The molecule has 1 aromatic carbocycles. The predicted octanol–water partition coefficient (Wildman–Crippen LogP) is -0.333. The Morgan fingerprint density at radius 1 is 1.26 bits per heavy atom. The first kappa shape index (κ1) is 18.8. The highest BCUT2D eigenvalue weighted by Crippen LogP contribution is 2.21. The lowest BCUT2D eigenvalue weighted by atomic mass is 9.94. The van der Waals surface area contributed by atoms with Gasteiger partial charge in [-0.15, -0.1) is 0 Å². The van der Waals surface area contributed by atoms with Gasteiger partial charge in [-0.1, -0.05) is 0 Å². The van der Waals surface area contributed by atoms with Crippen LogP contribution in [0.1, 0.15) is 13.3 Å². The van der Waals surface area contributed by atoms with Crippen molar-refractivity contribution in [3.8, 4) is 11.8 Å². The van der Waals surface area contributed by atoms with Crippen LogP contribution in [0.15, 0.2) is 47.2 Å². The summed E-state index contributed by atoms with van der Waals surface area (Å²) in [7, 11) is -3.29. The molecule has 8 nitrogen and oxygen atoms in total. The molecule has 27 heavy (non-hydrogen) atoms. The van der Waals surface area contributed by atoms with Gasteiger partial charge in [-0.2, -0.15) is 10.2 Å². The van der Waals surface area contributed by atoms with Crippen molar-refractivity contribution < 1.29 is 28.0 Å². The number of imide groups is 1. The van der Waals surface area contributed by atoms with E-state index >= 15 is 0 Å². The number of carbonyl (C=O) groups excluding carboxylic acids is 2. The van der Waals surface area contributed by atoms with Gasteiger partial charge < -0.3 is 10.4 Å². The van der Waals surface area contributed by atoms with Crippen LogP contribution in [0.25, 0.3) is 0 Å². The third kappa shape index (κ3) is 3.63. The van der Waals surface area contributed by atoms with Gasteiger partial charge in [0.1, 0.15) is 29.2 Å². The number of aromatic hydroxyl groups is 1. The molecule has 0 aromatic heterocycles. The second-order valence-electron chi connectivity index (χ2n) is 6.53. The molecule has 2 amide bonds. The summed E-state index contributed by atoms with van der Waals surface area (Å²) in [6, 6.07) is 7.29. The molecule has 9 heteroatoms. The van der Waals surface area contributed by atoms with Crippen LogP contribution in [0.4, 0.5) is 5.69 Å². The second-order valence-corrected chi connectivity index (χ2v) is 8.76. The molecule has 2 heterocycles. The Morgan fingerprint density at radius 2 is 1.93 bits per heavy atom. The van der Waals surface area contributed by atoms with Gasteiger partial charge in [-0.25, -0.2) is 18.0 Å². The van der Waals surface area contributed by atoms with Crippen LogP contribution in [0.5, 0.6) is 5.75 Å². The maximum atomic E-state index is 12.9. The zero-order valence-electron chi connectivity index (χ0n) is 14.5. The second kappa shape index (κ2) is 6.98. The van der Waals surface area contributed by atoms with Crippen LogP contribution in [0.3, 0.4) is 0 Å². The number of amides is 2. The van der Waals surface area contributed by atoms with Crippen molar-refractivity contribution >= 4 is 27.3 Å². The maximum Gasteiger partial charge on any atom is 0.363 e. The Bertz CT molecular complexity index is 1020. The third-order valence-electron chi connectivity index (χ3n) is 4.74. The summed E-state index contributed by atoms with van der Waals surface area (Å²) >= 11 is 0. The van der Waals surface area contributed by atoms with E-state index in [4.69, 9.17) is 0 Å². The number of rotatable bonds is 3. The molecule has 3 rings (SSSR count). The fourth-order valence-electron chi connectivity index (χ4n) is 3.27. The molecule has 3 N–H and O–H groups in total. The lowest BCUT2D eigenvalue weighted by molar-refractivity contribution is -0.761. The predicted molar refractivity (Wildman–Crippen MR) is 96.2 cm³/mol. The summed E-state index contributed by atoms with van der Waals surface area (Å²) < 4.78 is 23.5. The molecule has 1 unspecified atom stereocenters. The fraction of sp³-hybridized carbons (Fsp3) is 0.278. The first-order chi connectivity index (χ1) is 12.7. The number of carbonyl (C=O) groups is 2. The van der Waals surface area contributed by atoms with Crippen molar-refractivity contribution in [3.05, 3.63) is 47.2 Å². The summed E-state index contributed by atoms with van der Waals surface area (Å²) in [5.74, 6) is -1.46. The van der Waals surface area contributed by atoms with Gasteiger partial charge in [-0.05, 0) is 36.8 Å². The van der Waals surface area contributed by atoms with E-state index in [2.05, 4.69) is 5.32 Å². The van der Waals surface area contributed by atoms with E-state index in [1.807, 2.05) is 6.07 Å². The molecular formula is C18H18N3O5S+. The van der Waals surface area contributed by atoms with Gasteiger partial charge in [0.15, 0.2) is 15.4 Å². The molecule has 140 valence electrons. The summed E-state index contributed by atoms with van der Waals surface area (Å²) in [5, 5.41) is 21.6. The minimum Gasteiger partial charge on any atom is -0.508 e. The number of anilines is 1. The van der Waals surface area contributed by atoms with E-state index < -0.39 is 27.7 Å². The largest absolute Gasteiger partial charge is 0.508 e. The van der Waals surface area contributed by atoms with Crippen LogP contribution in [-0.2, 0) is 19.4 Å². The standard InChI is InChI=1S/C18H17N3O5S/c1-11-15(8-19)17(23)21(13-6-7-27(25,26)10-13)18(24)16(11)9-20-12-2-4-14(22)5-3-12/h2-5,9,13,20,22H,6-7,10H2,1H3/p+1/b16-9-/t13-/m0/s1. The lowest BCUT2D eigenvalue weighted by Gasteiger charge is -2.25. The summed E-state index contributed by atoms with van der Waals surface area (Å²) in [5.41, 5.74) is 0.857. The number of nitriles is 1. The van der Waals surface area contributed by atoms with Crippen molar-refractivity contribution in [2.24, 2.45) is 0 Å². The Balaban J connectivity index is 1.97. The van der Waals surface area contributed by atoms with E-state index in [-0.39, 0.29) is 45.3 Å². The molecule has 1 aromatic rings. The third-order valence-corrected chi connectivity index (χ3v) is 6.51. The molecule has 0 aliphatic carbocycles. The lowest BCUT2D eigenvalue weighted by Crippen LogP contribution is -3.21. The number of phenolic OH excluding ortho intramolecular Hbond substituents is 1. The number of benzene rings is 1. The minimum atomic E-state index is -3.29. The zero-order valence-corrected chi connectivity index (χ0v) is 15.3. The molecule has 2 aliphatic rings. The van der Waals surface area contributed by atoms with Gasteiger partial charge in [0.25, 0.3) is 0 Å². The van der Waals surface area contributed by atoms with Crippen LogP contribution in [-0.4, -0.2) is 42.9 Å². The van der Waals surface area contributed by atoms with Crippen molar-refractivity contribution in [3.63, 3.8) is 0 Å². The van der Waals surface area contributed by atoms with Crippen molar-refractivity contribution in [1.29, 1.82) is 5.26 Å². The number of hydrogen-bond acceptors (Lipinski definition) is 7. The Hall–Kier alpha value is -2.96. The zero-order chi connectivity index (χ0) is 19.8. The van der Waals surface area contributed by atoms with E-state index in [0.29, 0.717) is 5.69 Å². The topological polar surface area (TPSA) is 129 Å². The van der Waals surface area contributed by atoms with Gasteiger partial charge in [0, 0.05) is 18.3 Å². The molecule has 1 fully saturated rings. The van der Waals surface area contributed by atoms with Crippen molar-refractivity contribution in [1.82, 2.24) is 0 Å². The molecule has 0 radical (unpaired) electrons. The van der Waals surface area contributed by atoms with Gasteiger partial charge in [0.05, 0.1) is 5.75 Å². The number of sulfone groups is 1. The van der Waals surface area contributed by atoms with Gasteiger partial charge >= 0.3 is 11.8 Å². The first-order valence-electron chi connectivity index (χ1n) is 8.27. The summed E-state index contributed by atoms with van der Waals surface area (Å²) in [6.07, 6.45) is 1.60. The molecule has 2 atom stereocenters. The smallest absolute Gasteiger partial charge is 0.363 e. The van der Waals surface area contributed by atoms with Crippen LogP contribution < -0.4 is 10.2 Å². The fourth-order valence-corrected chi connectivity index (χ4v) is 5.03. The Kier molecular flexibility index (Phi) is 4.87. The van der Waals surface area contributed by atoms with E-state index in [1.165, 1.54) is 25.3 Å². The minimum absolute atomic E-state index is 0.0723. The average Bonchev–Trinajstić information content (AvgIpc) is 2.96. The molecule has 1 saturated heterocycles. The highest BCUT2D eigenvalue weighted by Gasteiger charge is 2.48. The summed E-state index contributed by atoms with van der Waals surface area (Å²) in [6.45, 7) is 1.51. The Morgan fingerprint density at radius 3 is 2.48 bits per heavy atom. The number of hydrogen-bond donors (Lipinski definition) is 3. The quantitative estimate of drug-likeness (QED) is 0.367. The monoisotopic (exact) mass is 388 g/mol. The average molecular weight is 388 g/mol. The molecular weight excluding hydrogens is 370 g/mol. The van der Waals surface area contributed by atoms with Crippen molar-refractivity contribution in [2.75, 3.05) is 16.8 Å². The molecule has 0 bridgehead atoms. The highest BCUT2D eigenvalue weighted by atomic mass is 32.2. The SMILES string of the molecule is CC1=C(C#N)C(=O)[NH+]([C@H]2CCS(=O)(=O)C2)C(=O)/C1=C\Nc1ccc(O)cc1. The molecule has 2 aliphatic heterocycles. The van der Waals surface area contributed by atoms with Crippen molar-refractivity contribution in [2.45, 2.75) is 19.4 Å². The van der Waals surface area contributed by atoms with Crippen LogP contribution in [0.2, 0.25) is 0 Å².